The molecule has 0 amide bonds. The first-order valence-electron chi connectivity index (χ1n) is 4.58. The molecule has 0 aliphatic carbocycles. The number of hydrazone groups is 1. The van der Waals surface area contributed by atoms with Crippen LogP contribution in [0.15, 0.2) is 18.2 Å². The number of hydrogen-bond acceptors (Lipinski definition) is 4. The summed E-state index contributed by atoms with van der Waals surface area (Å²) in [6.07, 6.45) is 1.48. The Kier molecular flexibility index (Phi) is 4.35. The number of hydrogen-bond donors (Lipinski definition) is 4. The number of nitrogens with one attached hydrogen (secondary N) is 3. The summed E-state index contributed by atoms with van der Waals surface area (Å²) in [4.78, 5) is 9.91. The van der Waals surface area contributed by atoms with Gasteiger partial charge in [0.15, 0.2) is 12.0 Å². The molecule has 17 heavy (non-hydrogen) atoms. The van der Waals surface area contributed by atoms with Gasteiger partial charge < -0.3 is 10.4 Å². The summed E-state index contributed by atoms with van der Waals surface area (Å²) in [6, 6.07) is 4.02. The number of nitro benzene ring substituents is 1. The van der Waals surface area contributed by atoms with Crippen LogP contribution >= 0.6 is 12.2 Å². The maximum absolute atomic E-state index is 10.6. The smallest absolute Gasteiger partial charge is 0.311 e. The van der Waals surface area contributed by atoms with E-state index in [0.29, 0.717) is 10.7 Å². The molecule has 1 rings (SSSR count). The molecule has 0 saturated heterocycles. The highest BCUT2D eigenvalue weighted by molar-refractivity contribution is 7.80. The van der Waals surface area contributed by atoms with E-state index in [1.165, 1.54) is 24.4 Å². The highest BCUT2D eigenvalue weighted by Crippen LogP contribution is 2.25. The number of benzene rings is 1. The second kappa shape index (κ2) is 5.75. The molecule has 0 atom stereocenters. The largest absolute Gasteiger partial charge is 0.502 e. The molecule has 7 nitrogen and oxygen atoms in total. The zero-order chi connectivity index (χ0) is 12.8. The fourth-order valence-corrected chi connectivity index (χ4v) is 1.08. The van der Waals surface area contributed by atoms with Crippen LogP contribution in [-0.4, -0.2) is 28.4 Å². The fraction of sp³-hybridized carbons (Fsp3) is 0.111. The Morgan fingerprint density at radius 3 is 2.94 bits per heavy atom. The van der Waals surface area contributed by atoms with E-state index in [-0.39, 0.29) is 11.4 Å². The zero-order valence-corrected chi connectivity index (χ0v) is 9.75. The molecule has 4 N–H and O–H groups in total. The van der Waals surface area contributed by atoms with Gasteiger partial charge in [0.05, 0.1) is 4.92 Å². The van der Waals surface area contributed by atoms with E-state index in [0.717, 1.165) is 0 Å². The van der Waals surface area contributed by atoms with Gasteiger partial charge in [0.25, 0.3) is 0 Å². The maximum atomic E-state index is 10.6. The molecule has 0 spiro atoms. The third kappa shape index (κ3) is 3.68. The molecule has 1 aromatic rings. The Hall–Kier alpha value is -2.22. The summed E-state index contributed by atoms with van der Waals surface area (Å²) < 4.78 is 0. The average Bonchev–Trinajstić information content (AvgIpc) is 2.30. The lowest BCUT2D eigenvalue weighted by molar-refractivity contribution is -0.500. The number of rotatable bonds is 3. The van der Waals surface area contributed by atoms with Crippen molar-refractivity contribution in [3.8, 4) is 5.75 Å². The van der Waals surface area contributed by atoms with E-state index in [1.807, 2.05) is 0 Å². The van der Waals surface area contributed by atoms with E-state index >= 15 is 0 Å². The van der Waals surface area contributed by atoms with Crippen LogP contribution in [0, 0.1) is 10.1 Å². The SMILES string of the molecule is CNC(=S)N/[NH+]=C/c1ccc(O)c([N+](=O)[O-])c1. The third-order valence-electron chi connectivity index (χ3n) is 1.85. The molecule has 1 aromatic carbocycles. The molecular formula is C9H11N4O3S+. The van der Waals surface area contributed by atoms with Crippen molar-refractivity contribution in [1.29, 1.82) is 0 Å². The standard InChI is InChI=1S/C9H10N4O3S/c1-10-9(17)12-11-5-6-2-3-8(14)7(4-6)13(15)16/h2-5,14H,1H3,(H2,10,12,17)/p+1/b11-5+. The Labute approximate surface area is 102 Å². The van der Waals surface area contributed by atoms with Gasteiger partial charge in [-0.15, -0.1) is 10.5 Å². The van der Waals surface area contributed by atoms with E-state index in [2.05, 4.69) is 15.8 Å². The molecule has 0 unspecified atom stereocenters. The van der Waals surface area contributed by atoms with E-state index in [1.54, 1.807) is 7.05 Å². The van der Waals surface area contributed by atoms with Crippen molar-refractivity contribution >= 4 is 29.2 Å². The summed E-state index contributed by atoms with van der Waals surface area (Å²) >= 11 is 4.81. The van der Waals surface area contributed by atoms with E-state index < -0.39 is 4.92 Å². The molecule has 90 valence electrons. The van der Waals surface area contributed by atoms with Gasteiger partial charge in [0.1, 0.15) is 0 Å². The lowest BCUT2D eigenvalue weighted by Gasteiger charge is -1.96. The van der Waals surface area contributed by atoms with Gasteiger partial charge in [0.2, 0.25) is 5.11 Å². The molecule has 0 radical (unpaired) electrons. The van der Waals surface area contributed by atoms with Gasteiger partial charge >= 0.3 is 5.69 Å². The Balaban J connectivity index is 2.82. The summed E-state index contributed by atoms with van der Waals surface area (Å²) in [6.45, 7) is 0. The summed E-state index contributed by atoms with van der Waals surface area (Å²) in [5, 5.41) is 25.5. The minimum Gasteiger partial charge on any atom is -0.502 e. The van der Waals surface area contributed by atoms with Crippen molar-refractivity contribution in [2.75, 3.05) is 7.05 Å². The van der Waals surface area contributed by atoms with Gasteiger partial charge in [-0.25, -0.2) is 0 Å². The first-order valence-corrected chi connectivity index (χ1v) is 4.99. The number of phenols is 1. The second-order valence-electron chi connectivity index (χ2n) is 3.00. The van der Waals surface area contributed by atoms with Crippen molar-refractivity contribution in [3.63, 3.8) is 0 Å². The van der Waals surface area contributed by atoms with Crippen molar-refractivity contribution in [1.82, 2.24) is 10.7 Å². The summed E-state index contributed by atoms with van der Waals surface area (Å²) in [5.41, 5.74) is 2.80. The molecule has 0 aromatic heterocycles. The monoisotopic (exact) mass is 255 g/mol. The maximum Gasteiger partial charge on any atom is 0.311 e. The molecule has 0 bridgehead atoms. The number of thiocarbonyl (C=S) groups is 1. The quantitative estimate of drug-likeness (QED) is 0.234. The van der Waals surface area contributed by atoms with Crippen LogP contribution < -0.4 is 15.8 Å². The highest BCUT2D eigenvalue weighted by atomic mass is 32.1. The molecule has 0 aliphatic heterocycles. The van der Waals surface area contributed by atoms with Crippen molar-refractivity contribution in [2.45, 2.75) is 0 Å². The predicted molar refractivity (Wildman–Crippen MR) is 65.7 cm³/mol. The zero-order valence-electron chi connectivity index (χ0n) is 8.93. The second-order valence-corrected chi connectivity index (χ2v) is 3.41. The summed E-state index contributed by atoms with van der Waals surface area (Å²) in [7, 11) is 1.66. The van der Waals surface area contributed by atoms with Crippen molar-refractivity contribution in [2.24, 2.45) is 0 Å². The first-order chi connectivity index (χ1) is 8.04. The minimum atomic E-state index is -0.654. The first kappa shape index (κ1) is 12.8. The number of nitro groups is 1. The van der Waals surface area contributed by atoms with Crippen LogP contribution in [0.25, 0.3) is 0 Å². The molecular weight excluding hydrogens is 244 g/mol. The minimum absolute atomic E-state index is 0.350. The molecule has 8 heteroatoms. The molecule has 0 aliphatic rings. The molecule has 0 fully saturated rings. The normalized spacial score (nSPS) is 10.2. The Bertz CT molecular complexity index is 475. The van der Waals surface area contributed by atoms with E-state index in [9.17, 15) is 15.2 Å². The van der Waals surface area contributed by atoms with Gasteiger partial charge in [-0.1, -0.05) is 0 Å². The summed E-state index contributed by atoms with van der Waals surface area (Å²) in [5.74, 6) is -0.370. The lowest BCUT2D eigenvalue weighted by Crippen LogP contribution is -2.82. The topological polar surface area (TPSA) is 101 Å². The average molecular weight is 255 g/mol. The van der Waals surface area contributed by atoms with Crippen LogP contribution in [0.4, 0.5) is 5.69 Å². The van der Waals surface area contributed by atoms with Crippen LogP contribution in [0.1, 0.15) is 5.56 Å². The Morgan fingerprint density at radius 1 is 1.65 bits per heavy atom. The number of phenolic OH excluding ortho intramolecular Hbond substituents is 1. The fourth-order valence-electron chi connectivity index (χ4n) is 1.02. The predicted octanol–water partition coefficient (Wildman–Crippen LogP) is -1.19. The van der Waals surface area contributed by atoms with Crippen LogP contribution in [0.5, 0.6) is 5.75 Å². The van der Waals surface area contributed by atoms with Gasteiger partial charge in [0, 0.05) is 18.7 Å². The van der Waals surface area contributed by atoms with Gasteiger partial charge in [-0.05, 0) is 24.4 Å². The van der Waals surface area contributed by atoms with Crippen molar-refractivity contribution < 1.29 is 15.1 Å². The van der Waals surface area contributed by atoms with Crippen LogP contribution in [0.2, 0.25) is 0 Å². The van der Waals surface area contributed by atoms with Gasteiger partial charge in [-0.2, -0.15) is 0 Å². The number of nitrogens with zero attached hydrogens (tertiary/aromatic N) is 1. The highest BCUT2D eigenvalue weighted by Gasteiger charge is 2.13. The van der Waals surface area contributed by atoms with Crippen molar-refractivity contribution in [3.05, 3.63) is 33.9 Å². The van der Waals surface area contributed by atoms with Crippen LogP contribution in [-0.2, 0) is 0 Å². The third-order valence-corrected chi connectivity index (χ3v) is 2.15. The lowest BCUT2D eigenvalue weighted by atomic mass is 10.2. The number of aromatic hydroxyl groups is 1. The van der Waals surface area contributed by atoms with Crippen LogP contribution in [0.3, 0.4) is 0 Å². The Morgan fingerprint density at radius 2 is 2.35 bits per heavy atom. The molecule has 0 heterocycles. The number of hydrazine groups is 1. The molecule has 0 saturated carbocycles. The van der Waals surface area contributed by atoms with E-state index in [4.69, 9.17) is 12.2 Å². The van der Waals surface area contributed by atoms with Gasteiger partial charge in [-0.3, -0.25) is 10.1 Å².